The molecule has 0 unspecified atom stereocenters. The monoisotopic (exact) mass is 344 g/mol. The van der Waals surface area contributed by atoms with Crippen LogP contribution in [0.2, 0.25) is 0 Å². The second-order valence-corrected chi connectivity index (χ2v) is 6.37. The number of rotatable bonds is 5. The molecule has 0 aliphatic rings. The third kappa shape index (κ3) is 5.45. The van der Waals surface area contributed by atoms with Gasteiger partial charge in [0.15, 0.2) is 5.96 Å². The maximum atomic E-state index is 4.72. The van der Waals surface area contributed by atoms with E-state index in [-0.39, 0.29) is 0 Å². The Morgan fingerprint density at radius 3 is 2.38 bits per heavy atom. The summed E-state index contributed by atoms with van der Waals surface area (Å²) < 4.78 is 0. The summed E-state index contributed by atoms with van der Waals surface area (Å²) in [5, 5.41) is 6.77. The Morgan fingerprint density at radius 2 is 1.65 bits per heavy atom. The van der Waals surface area contributed by atoms with Crippen molar-refractivity contribution >= 4 is 11.6 Å². The molecule has 4 heteroatoms. The number of anilines is 1. The molecular formula is C22H24N4. The maximum absolute atomic E-state index is 4.72. The zero-order chi connectivity index (χ0) is 18.2. The van der Waals surface area contributed by atoms with E-state index in [1.807, 2.05) is 49.6 Å². The normalized spacial score (nSPS) is 11.2. The fourth-order valence-corrected chi connectivity index (χ4v) is 2.56. The highest BCUT2D eigenvalue weighted by molar-refractivity contribution is 5.93. The van der Waals surface area contributed by atoms with Crippen molar-refractivity contribution in [3.8, 4) is 0 Å². The lowest BCUT2D eigenvalue weighted by atomic mass is 10.1. The van der Waals surface area contributed by atoms with E-state index in [1.165, 1.54) is 11.1 Å². The van der Waals surface area contributed by atoms with Crippen LogP contribution in [-0.2, 0) is 13.1 Å². The van der Waals surface area contributed by atoms with Crippen LogP contribution in [0.4, 0.5) is 5.69 Å². The first-order chi connectivity index (χ1) is 12.7. The molecule has 2 N–H and O–H groups in total. The summed E-state index contributed by atoms with van der Waals surface area (Å²) in [6, 6.07) is 20.7. The quantitative estimate of drug-likeness (QED) is 0.531. The first-order valence-electron chi connectivity index (χ1n) is 8.75. The molecule has 0 atom stereocenters. The smallest absolute Gasteiger partial charge is 0.196 e. The second-order valence-electron chi connectivity index (χ2n) is 6.37. The van der Waals surface area contributed by atoms with E-state index < -0.39 is 0 Å². The van der Waals surface area contributed by atoms with Crippen molar-refractivity contribution < 1.29 is 0 Å². The molecule has 0 radical (unpaired) electrons. The summed E-state index contributed by atoms with van der Waals surface area (Å²) in [7, 11) is 0. The molecule has 3 aromatic rings. The average Bonchev–Trinajstić information content (AvgIpc) is 2.66. The fourth-order valence-electron chi connectivity index (χ4n) is 2.56. The summed E-state index contributed by atoms with van der Waals surface area (Å²) in [6.45, 7) is 5.42. The number of pyridine rings is 1. The van der Waals surface area contributed by atoms with Crippen LogP contribution in [0.3, 0.4) is 0 Å². The zero-order valence-electron chi connectivity index (χ0n) is 15.2. The van der Waals surface area contributed by atoms with Crippen molar-refractivity contribution in [3.63, 3.8) is 0 Å². The van der Waals surface area contributed by atoms with Gasteiger partial charge in [-0.25, -0.2) is 4.99 Å². The van der Waals surface area contributed by atoms with Gasteiger partial charge in [-0.3, -0.25) is 4.98 Å². The Morgan fingerprint density at radius 1 is 0.885 bits per heavy atom. The Labute approximate surface area is 155 Å². The lowest BCUT2D eigenvalue weighted by Crippen LogP contribution is -2.30. The summed E-state index contributed by atoms with van der Waals surface area (Å²) in [6.07, 6.45) is 3.71. The SMILES string of the molecule is Cc1ccc(CNC(=NCc2cncc(C)c2)Nc2ccccc2)cc1. The molecule has 4 nitrogen and oxygen atoms in total. The number of nitrogens with one attached hydrogen (secondary N) is 2. The van der Waals surface area contributed by atoms with Crippen LogP contribution in [0.15, 0.2) is 78.0 Å². The largest absolute Gasteiger partial charge is 0.352 e. The summed E-state index contributed by atoms with van der Waals surface area (Å²) in [5.41, 5.74) is 5.72. The van der Waals surface area contributed by atoms with E-state index in [2.05, 4.69) is 52.9 Å². The number of benzene rings is 2. The minimum Gasteiger partial charge on any atom is -0.352 e. The first kappa shape index (κ1) is 17.7. The van der Waals surface area contributed by atoms with E-state index >= 15 is 0 Å². The van der Waals surface area contributed by atoms with Gasteiger partial charge in [0.1, 0.15) is 0 Å². The van der Waals surface area contributed by atoms with Gasteiger partial charge in [-0.1, -0.05) is 54.1 Å². The maximum Gasteiger partial charge on any atom is 0.196 e. The number of hydrogen-bond acceptors (Lipinski definition) is 2. The van der Waals surface area contributed by atoms with Gasteiger partial charge >= 0.3 is 0 Å². The number of guanidine groups is 1. The highest BCUT2D eigenvalue weighted by atomic mass is 15.2. The van der Waals surface area contributed by atoms with Gasteiger partial charge in [0.05, 0.1) is 6.54 Å². The topological polar surface area (TPSA) is 49.3 Å². The van der Waals surface area contributed by atoms with Crippen LogP contribution in [0.1, 0.15) is 22.3 Å². The standard InChI is InChI=1S/C22H24N4/c1-17-8-10-19(11-9-17)15-24-22(26-21-6-4-3-5-7-21)25-16-20-12-18(2)13-23-14-20/h3-14H,15-16H2,1-2H3,(H2,24,25,26). The number of para-hydroxylation sites is 1. The van der Waals surface area contributed by atoms with Crippen LogP contribution >= 0.6 is 0 Å². The molecule has 0 aliphatic carbocycles. The van der Waals surface area contributed by atoms with E-state index in [9.17, 15) is 0 Å². The predicted octanol–water partition coefficient (Wildman–Crippen LogP) is 4.46. The molecule has 3 rings (SSSR count). The Bertz CT molecular complexity index is 855. The summed E-state index contributed by atoms with van der Waals surface area (Å²) >= 11 is 0. The molecule has 0 aliphatic heterocycles. The zero-order valence-corrected chi connectivity index (χ0v) is 15.2. The number of aromatic nitrogens is 1. The van der Waals surface area contributed by atoms with Gasteiger partial charge in [-0.2, -0.15) is 0 Å². The van der Waals surface area contributed by atoms with Crippen molar-refractivity contribution in [2.24, 2.45) is 4.99 Å². The van der Waals surface area contributed by atoms with Crippen LogP contribution in [0, 0.1) is 13.8 Å². The summed E-state index contributed by atoms with van der Waals surface area (Å²) in [5.74, 6) is 0.748. The molecule has 0 amide bonds. The number of hydrogen-bond donors (Lipinski definition) is 2. The average molecular weight is 344 g/mol. The molecule has 26 heavy (non-hydrogen) atoms. The van der Waals surface area contributed by atoms with E-state index in [0.717, 1.165) is 22.8 Å². The van der Waals surface area contributed by atoms with E-state index in [0.29, 0.717) is 13.1 Å². The third-order valence-corrected chi connectivity index (χ3v) is 3.97. The van der Waals surface area contributed by atoms with Gasteiger partial charge in [0.2, 0.25) is 0 Å². The van der Waals surface area contributed by atoms with Crippen molar-refractivity contribution in [3.05, 3.63) is 95.3 Å². The molecule has 0 spiro atoms. The molecule has 0 saturated carbocycles. The number of aliphatic imine (C=N–C) groups is 1. The lowest BCUT2D eigenvalue weighted by Gasteiger charge is -2.13. The Balaban J connectivity index is 1.72. The van der Waals surface area contributed by atoms with Crippen LogP contribution in [-0.4, -0.2) is 10.9 Å². The van der Waals surface area contributed by atoms with Gasteiger partial charge in [0, 0.05) is 24.6 Å². The highest BCUT2D eigenvalue weighted by Gasteiger charge is 2.02. The highest BCUT2D eigenvalue weighted by Crippen LogP contribution is 2.08. The Kier molecular flexibility index (Phi) is 5.99. The van der Waals surface area contributed by atoms with Crippen molar-refractivity contribution in [2.75, 3.05) is 5.32 Å². The molecular weight excluding hydrogens is 320 g/mol. The van der Waals surface area contributed by atoms with E-state index in [1.54, 1.807) is 0 Å². The molecule has 1 heterocycles. The molecule has 132 valence electrons. The summed E-state index contributed by atoms with van der Waals surface area (Å²) in [4.78, 5) is 8.96. The third-order valence-electron chi connectivity index (χ3n) is 3.97. The Hall–Kier alpha value is -3.14. The van der Waals surface area contributed by atoms with Gasteiger partial charge < -0.3 is 10.6 Å². The van der Waals surface area contributed by atoms with Crippen LogP contribution in [0.25, 0.3) is 0 Å². The lowest BCUT2D eigenvalue weighted by molar-refractivity contribution is 0.890. The van der Waals surface area contributed by atoms with E-state index in [4.69, 9.17) is 4.99 Å². The van der Waals surface area contributed by atoms with Crippen LogP contribution in [0.5, 0.6) is 0 Å². The number of nitrogens with zero attached hydrogens (tertiary/aromatic N) is 2. The van der Waals surface area contributed by atoms with Crippen molar-refractivity contribution in [1.82, 2.24) is 10.3 Å². The van der Waals surface area contributed by atoms with Crippen LogP contribution < -0.4 is 10.6 Å². The predicted molar refractivity (Wildman–Crippen MR) is 108 cm³/mol. The van der Waals surface area contributed by atoms with Gasteiger partial charge in [-0.05, 0) is 42.7 Å². The first-order valence-corrected chi connectivity index (χ1v) is 8.75. The molecule has 0 bridgehead atoms. The van der Waals surface area contributed by atoms with Gasteiger partial charge in [0.25, 0.3) is 0 Å². The fraction of sp³-hybridized carbons (Fsp3) is 0.182. The number of aryl methyl sites for hydroxylation is 2. The molecule has 0 fully saturated rings. The minimum atomic E-state index is 0.574. The van der Waals surface area contributed by atoms with Gasteiger partial charge in [-0.15, -0.1) is 0 Å². The second kappa shape index (κ2) is 8.81. The van der Waals surface area contributed by atoms with Crippen molar-refractivity contribution in [2.45, 2.75) is 26.9 Å². The minimum absolute atomic E-state index is 0.574. The molecule has 0 saturated heterocycles. The molecule has 2 aromatic carbocycles. The van der Waals surface area contributed by atoms with Crippen molar-refractivity contribution in [1.29, 1.82) is 0 Å². The molecule has 1 aromatic heterocycles.